The molecule has 7 heteroatoms. The maximum Gasteiger partial charge on any atom is 0.349 e. The SMILES string of the molecule is COC(=O)c1cnc(NC(=O)COC(c2ccccc2)c2ccccc2)s1. The maximum atomic E-state index is 12.2. The number of esters is 1. The van der Waals surface area contributed by atoms with E-state index in [1.807, 2.05) is 60.7 Å². The van der Waals surface area contributed by atoms with Crippen LogP contribution in [0.2, 0.25) is 0 Å². The fraction of sp³-hybridized carbons (Fsp3) is 0.150. The number of nitrogens with zero attached hydrogens (tertiary/aromatic N) is 1. The number of hydrogen-bond donors (Lipinski definition) is 1. The van der Waals surface area contributed by atoms with E-state index in [4.69, 9.17) is 4.74 Å². The van der Waals surface area contributed by atoms with Crippen molar-refractivity contribution in [3.05, 3.63) is 82.9 Å². The van der Waals surface area contributed by atoms with Crippen molar-refractivity contribution in [3.8, 4) is 0 Å². The summed E-state index contributed by atoms with van der Waals surface area (Å²) >= 11 is 1.05. The zero-order chi connectivity index (χ0) is 19.1. The summed E-state index contributed by atoms with van der Waals surface area (Å²) in [5.41, 5.74) is 1.91. The molecule has 1 aromatic heterocycles. The number of thiazole rings is 1. The normalized spacial score (nSPS) is 10.6. The van der Waals surface area contributed by atoms with E-state index in [1.165, 1.54) is 13.3 Å². The third-order valence-corrected chi connectivity index (χ3v) is 4.62. The molecule has 0 unspecified atom stereocenters. The number of amides is 1. The Balaban J connectivity index is 1.66. The predicted octanol–water partition coefficient (Wildman–Crippen LogP) is 3.67. The highest BCUT2D eigenvalue weighted by Crippen LogP contribution is 2.26. The molecule has 0 saturated carbocycles. The van der Waals surface area contributed by atoms with Crippen LogP contribution in [0.15, 0.2) is 66.9 Å². The Morgan fingerprint density at radius 3 is 2.19 bits per heavy atom. The summed E-state index contributed by atoms with van der Waals surface area (Å²) < 4.78 is 10.5. The Morgan fingerprint density at radius 1 is 1.04 bits per heavy atom. The molecule has 138 valence electrons. The summed E-state index contributed by atoms with van der Waals surface area (Å²) in [4.78, 5) is 28.0. The predicted molar refractivity (Wildman–Crippen MR) is 103 cm³/mol. The molecule has 1 heterocycles. The van der Waals surface area contributed by atoms with Gasteiger partial charge >= 0.3 is 5.97 Å². The molecule has 0 aliphatic carbocycles. The second-order valence-corrected chi connectivity index (χ2v) is 6.61. The van der Waals surface area contributed by atoms with Crippen LogP contribution in [0.4, 0.5) is 5.13 Å². The van der Waals surface area contributed by atoms with Gasteiger partial charge in [-0.2, -0.15) is 0 Å². The number of methoxy groups -OCH3 is 1. The summed E-state index contributed by atoms with van der Waals surface area (Å²) in [6, 6.07) is 19.4. The molecule has 3 rings (SSSR count). The third kappa shape index (κ3) is 4.99. The van der Waals surface area contributed by atoms with Crippen molar-refractivity contribution in [2.75, 3.05) is 19.0 Å². The van der Waals surface area contributed by atoms with Crippen LogP contribution >= 0.6 is 11.3 Å². The fourth-order valence-corrected chi connectivity index (χ4v) is 3.23. The minimum Gasteiger partial charge on any atom is -0.465 e. The Bertz CT molecular complexity index is 857. The number of nitrogens with one attached hydrogen (secondary N) is 1. The molecule has 0 saturated heterocycles. The van der Waals surface area contributed by atoms with Gasteiger partial charge in [0.1, 0.15) is 17.6 Å². The number of rotatable bonds is 7. The summed E-state index contributed by atoms with van der Waals surface area (Å²) in [6.07, 6.45) is 1.00. The number of benzene rings is 2. The average molecular weight is 382 g/mol. The van der Waals surface area contributed by atoms with Gasteiger partial charge in [0.15, 0.2) is 5.13 Å². The van der Waals surface area contributed by atoms with E-state index >= 15 is 0 Å². The van der Waals surface area contributed by atoms with Gasteiger partial charge in [0.25, 0.3) is 5.91 Å². The number of anilines is 1. The van der Waals surface area contributed by atoms with Gasteiger partial charge in [0.2, 0.25) is 0 Å². The van der Waals surface area contributed by atoms with E-state index < -0.39 is 5.97 Å². The molecular weight excluding hydrogens is 364 g/mol. The van der Waals surface area contributed by atoms with Gasteiger partial charge in [-0.1, -0.05) is 72.0 Å². The van der Waals surface area contributed by atoms with Gasteiger partial charge in [-0.05, 0) is 11.1 Å². The Morgan fingerprint density at radius 2 is 1.63 bits per heavy atom. The second kappa shape index (κ2) is 9.07. The molecule has 1 N–H and O–H groups in total. The van der Waals surface area contributed by atoms with Gasteiger partial charge in [-0.25, -0.2) is 9.78 Å². The molecule has 0 bridgehead atoms. The molecule has 0 aliphatic heterocycles. The lowest BCUT2D eigenvalue weighted by molar-refractivity contribution is -0.121. The monoisotopic (exact) mass is 382 g/mol. The van der Waals surface area contributed by atoms with Gasteiger partial charge in [0.05, 0.1) is 13.3 Å². The number of ether oxygens (including phenoxy) is 2. The first-order valence-electron chi connectivity index (χ1n) is 8.23. The molecule has 0 spiro atoms. The van der Waals surface area contributed by atoms with Crippen LogP contribution in [0.3, 0.4) is 0 Å². The van der Waals surface area contributed by atoms with E-state index in [0.717, 1.165) is 22.5 Å². The lowest BCUT2D eigenvalue weighted by Crippen LogP contribution is -2.20. The molecule has 6 nitrogen and oxygen atoms in total. The Hall–Kier alpha value is -3.03. The Labute approximate surface area is 160 Å². The van der Waals surface area contributed by atoms with Crippen LogP contribution in [0.25, 0.3) is 0 Å². The average Bonchev–Trinajstić information content (AvgIpc) is 3.17. The van der Waals surface area contributed by atoms with E-state index in [9.17, 15) is 9.59 Å². The van der Waals surface area contributed by atoms with Crippen LogP contribution in [0.1, 0.15) is 26.9 Å². The molecule has 0 fully saturated rings. The van der Waals surface area contributed by atoms with Crippen molar-refractivity contribution in [2.45, 2.75) is 6.10 Å². The van der Waals surface area contributed by atoms with Crippen molar-refractivity contribution in [2.24, 2.45) is 0 Å². The van der Waals surface area contributed by atoms with Gasteiger partial charge in [-0.3, -0.25) is 10.1 Å². The lowest BCUT2D eigenvalue weighted by atomic mass is 10.0. The fourth-order valence-electron chi connectivity index (χ4n) is 2.48. The smallest absolute Gasteiger partial charge is 0.349 e. The van der Waals surface area contributed by atoms with E-state index in [2.05, 4.69) is 15.0 Å². The van der Waals surface area contributed by atoms with E-state index in [0.29, 0.717) is 10.0 Å². The van der Waals surface area contributed by atoms with Gasteiger partial charge in [0, 0.05) is 0 Å². The quantitative estimate of drug-likeness (QED) is 0.631. The molecule has 0 atom stereocenters. The first-order valence-corrected chi connectivity index (χ1v) is 9.04. The van der Waals surface area contributed by atoms with Gasteiger partial charge in [-0.15, -0.1) is 0 Å². The maximum absolute atomic E-state index is 12.2. The molecule has 3 aromatic rings. The third-order valence-electron chi connectivity index (χ3n) is 3.72. The lowest BCUT2D eigenvalue weighted by Gasteiger charge is -2.18. The van der Waals surface area contributed by atoms with Crippen molar-refractivity contribution in [1.82, 2.24) is 4.98 Å². The van der Waals surface area contributed by atoms with Crippen LogP contribution < -0.4 is 5.32 Å². The van der Waals surface area contributed by atoms with Crippen LogP contribution in [-0.4, -0.2) is 30.6 Å². The molecule has 2 aromatic carbocycles. The highest BCUT2D eigenvalue weighted by molar-refractivity contribution is 7.17. The summed E-state index contributed by atoms with van der Waals surface area (Å²) in [5.74, 6) is -0.838. The van der Waals surface area contributed by atoms with Crippen molar-refractivity contribution < 1.29 is 19.1 Å². The number of carbonyl (C=O) groups excluding carboxylic acids is 2. The van der Waals surface area contributed by atoms with Crippen molar-refractivity contribution in [1.29, 1.82) is 0 Å². The van der Waals surface area contributed by atoms with Crippen LogP contribution in [0.5, 0.6) is 0 Å². The summed E-state index contributed by atoms with van der Waals surface area (Å²) in [7, 11) is 1.29. The molecular formula is C20H18N2O4S. The van der Waals surface area contributed by atoms with Crippen LogP contribution in [0, 0.1) is 0 Å². The first kappa shape index (κ1) is 18.8. The molecule has 1 amide bonds. The van der Waals surface area contributed by atoms with E-state index in [1.54, 1.807) is 0 Å². The number of hydrogen-bond acceptors (Lipinski definition) is 6. The van der Waals surface area contributed by atoms with E-state index in [-0.39, 0.29) is 18.6 Å². The largest absolute Gasteiger partial charge is 0.465 e. The minimum atomic E-state index is -0.488. The molecule has 0 aliphatic rings. The molecule has 0 radical (unpaired) electrons. The highest BCUT2D eigenvalue weighted by atomic mass is 32.1. The first-order chi connectivity index (χ1) is 13.2. The summed E-state index contributed by atoms with van der Waals surface area (Å²) in [6.45, 7) is -0.151. The molecule has 27 heavy (non-hydrogen) atoms. The van der Waals surface area contributed by atoms with Crippen LogP contribution in [-0.2, 0) is 14.3 Å². The second-order valence-electron chi connectivity index (χ2n) is 5.58. The Kier molecular flexibility index (Phi) is 6.30. The van der Waals surface area contributed by atoms with Crippen molar-refractivity contribution in [3.63, 3.8) is 0 Å². The zero-order valence-electron chi connectivity index (χ0n) is 14.6. The van der Waals surface area contributed by atoms with Gasteiger partial charge < -0.3 is 9.47 Å². The standard InChI is InChI=1S/C20H18N2O4S/c1-25-19(24)16-12-21-20(27-16)22-17(23)13-26-18(14-8-4-2-5-9-14)15-10-6-3-7-11-15/h2-12,18H,13H2,1H3,(H,21,22,23). The minimum absolute atomic E-state index is 0.151. The highest BCUT2D eigenvalue weighted by Gasteiger charge is 2.17. The van der Waals surface area contributed by atoms with Crippen molar-refractivity contribution >= 4 is 28.3 Å². The number of carbonyl (C=O) groups is 2. The summed E-state index contributed by atoms with van der Waals surface area (Å²) in [5, 5.41) is 2.95. The number of aromatic nitrogens is 1. The zero-order valence-corrected chi connectivity index (χ0v) is 15.4. The topological polar surface area (TPSA) is 77.5 Å².